The van der Waals surface area contributed by atoms with Gasteiger partial charge >= 0.3 is 22.6 Å². The minimum absolute atomic E-state index is 0. The first-order valence-corrected chi connectivity index (χ1v) is 15.5. The second-order valence-electron chi connectivity index (χ2n) is 9.83. The number of aryl methyl sites for hydroxylation is 2. The molecule has 2 radical (unpaired) electrons. The number of rotatable bonds is 5. The van der Waals surface area contributed by atoms with E-state index in [1.807, 2.05) is 30.7 Å². The summed E-state index contributed by atoms with van der Waals surface area (Å²) >= 11 is 0. The fourth-order valence-corrected chi connectivity index (χ4v) is 10.4. The second kappa shape index (κ2) is 18.2. The van der Waals surface area contributed by atoms with Gasteiger partial charge in [0.25, 0.3) is 0 Å². The molecule has 0 N–H and O–H groups in total. The van der Waals surface area contributed by atoms with Crippen molar-refractivity contribution in [1.82, 2.24) is 0 Å². The van der Waals surface area contributed by atoms with Crippen LogP contribution >= 0.6 is 7.26 Å². The van der Waals surface area contributed by atoms with Crippen LogP contribution in [0.1, 0.15) is 28.2 Å². The topological polar surface area (TPSA) is 39.8 Å². The Kier molecular flexibility index (Phi) is 15.0. The van der Waals surface area contributed by atoms with Crippen LogP contribution in [0.2, 0.25) is 0 Å². The molecule has 0 amide bonds. The largest absolute Gasteiger partial charge is 0.0767 e. The first-order chi connectivity index (χ1) is 20.6. The predicted molar refractivity (Wildman–Crippen MR) is 175 cm³/mol. The molecule has 214 valence electrons. The Hall–Kier alpha value is -3.59. The van der Waals surface area contributed by atoms with Crippen molar-refractivity contribution in [1.29, 1.82) is 0 Å². The Morgan fingerprint density at radius 3 is 1.49 bits per heavy atom. The number of hydrogen-bond acceptors (Lipinski definition) is 0. The molecule has 0 spiro atoms. The Morgan fingerprint density at radius 2 is 1.09 bits per heavy atom. The van der Waals surface area contributed by atoms with Crippen LogP contribution in [0, 0.1) is 39.6 Å². The van der Waals surface area contributed by atoms with E-state index in [-0.39, 0.29) is 32.0 Å². The van der Waals surface area contributed by atoms with Gasteiger partial charge in [-0.25, -0.2) is 6.08 Å². The normalized spacial score (nSPS) is 16.8. The molecule has 2 atom stereocenters. The van der Waals surface area contributed by atoms with Gasteiger partial charge in [0.05, 0.1) is 12.9 Å². The Bertz CT molecular complexity index is 1490. The summed E-state index contributed by atoms with van der Waals surface area (Å²) in [5, 5.41) is 4.12. The Morgan fingerprint density at radius 1 is 0.651 bits per heavy atom. The van der Waals surface area contributed by atoms with Gasteiger partial charge in [-0.2, -0.15) is 0 Å². The van der Waals surface area contributed by atoms with Crippen LogP contribution in [-0.2, 0) is 29.7 Å². The average molecular weight is 752 g/mol. The monoisotopic (exact) mass is 752 g/mol. The van der Waals surface area contributed by atoms with Crippen molar-refractivity contribution in [2.75, 3.05) is 0 Å². The minimum Gasteiger partial charge on any atom is -0.0767 e. The number of allylic oxidation sites excluding steroid dienone is 6. The van der Waals surface area contributed by atoms with Gasteiger partial charge in [0.1, 0.15) is 10.6 Å². The van der Waals surface area contributed by atoms with Gasteiger partial charge in [-0.1, -0.05) is 132 Å². The quantitative estimate of drug-likeness (QED) is 0.0848. The molecule has 6 rings (SSSR count). The Labute approximate surface area is 271 Å². The molecule has 43 heavy (non-hydrogen) atoms. The Balaban J connectivity index is 0.000000569. The van der Waals surface area contributed by atoms with Crippen molar-refractivity contribution in [3.63, 3.8) is 0 Å². The maximum Gasteiger partial charge on any atom is 0.00506 e. The molecule has 0 saturated heterocycles. The van der Waals surface area contributed by atoms with E-state index < -0.39 is 7.26 Å². The van der Waals surface area contributed by atoms with Gasteiger partial charge in [0.2, 0.25) is 0 Å². The molecule has 4 heteroatoms. The second-order valence-corrected chi connectivity index (χ2v) is 13.4. The third-order valence-corrected chi connectivity index (χ3v) is 12.0. The van der Waals surface area contributed by atoms with Gasteiger partial charge in [-0.05, 0) is 44.0 Å². The van der Waals surface area contributed by atoms with Crippen molar-refractivity contribution in [2.45, 2.75) is 25.4 Å². The summed E-state index contributed by atoms with van der Waals surface area (Å²) in [6.07, 6.45) is 16.2. The van der Waals surface area contributed by atoms with E-state index in [0.717, 1.165) is 0 Å². The van der Waals surface area contributed by atoms with Crippen molar-refractivity contribution in [2.24, 2.45) is 0 Å². The van der Waals surface area contributed by atoms with Crippen LogP contribution in [0.5, 0.6) is 0 Å². The molecule has 0 saturated carbocycles. The molecule has 0 bridgehead atoms. The van der Waals surface area contributed by atoms with Crippen LogP contribution in [0.4, 0.5) is 0 Å². The average Bonchev–Trinajstić information content (AvgIpc) is 3.76. The molecule has 4 aromatic rings. The van der Waals surface area contributed by atoms with Gasteiger partial charge < -0.3 is 0 Å². The van der Waals surface area contributed by atoms with Crippen LogP contribution in [0.15, 0.2) is 146 Å². The SMILES string of the molecule is C=CC1C(c2ccc(C)cc2)[C-]=C(c2ccc(C)cc2)[P+]1(c1ccccc1)c1ccccc1.[C-]#[O+].[C-]#[O+].[CH]1C=CC=C1.[Re]. The minimum atomic E-state index is -2.05. The maximum absolute atomic E-state index is 7.50. The molecule has 4 aromatic carbocycles. The van der Waals surface area contributed by atoms with Gasteiger partial charge in [-0.15, -0.1) is 17.7 Å². The summed E-state index contributed by atoms with van der Waals surface area (Å²) in [4.78, 5) is 0. The fourth-order valence-electron chi connectivity index (χ4n) is 5.45. The molecule has 2 unspecified atom stereocenters. The van der Waals surface area contributed by atoms with Crippen LogP contribution in [0.3, 0.4) is 0 Å². The van der Waals surface area contributed by atoms with E-state index >= 15 is 0 Å². The summed E-state index contributed by atoms with van der Waals surface area (Å²) < 4.78 is 15.0. The zero-order valence-electron chi connectivity index (χ0n) is 24.4. The third-order valence-electron chi connectivity index (χ3n) is 7.32. The summed E-state index contributed by atoms with van der Waals surface area (Å²) in [7, 11) is -2.05. The molecule has 2 nitrogen and oxygen atoms in total. The molecular weight excluding hydrogens is 718 g/mol. The van der Waals surface area contributed by atoms with Gasteiger partial charge in [-0.3, -0.25) is 0 Å². The smallest absolute Gasteiger partial charge is 0.00506 e. The molecule has 2 aliphatic rings. The first-order valence-electron chi connectivity index (χ1n) is 13.6. The number of benzene rings is 4. The molecule has 1 aliphatic heterocycles. The van der Waals surface area contributed by atoms with Gasteiger partial charge in [0.15, 0.2) is 0 Å². The summed E-state index contributed by atoms with van der Waals surface area (Å²) in [6, 6.07) is 40.1. The maximum atomic E-state index is 7.50. The van der Waals surface area contributed by atoms with E-state index in [2.05, 4.69) is 155 Å². The fraction of sp³-hybridized carbons (Fsp3) is 0.103. The van der Waals surface area contributed by atoms with E-state index in [0.29, 0.717) is 0 Å². The van der Waals surface area contributed by atoms with Crippen molar-refractivity contribution >= 4 is 23.2 Å². The predicted octanol–water partition coefficient (Wildman–Crippen LogP) is 8.71. The van der Waals surface area contributed by atoms with Gasteiger partial charge in [0, 0.05) is 26.8 Å². The van der Waals surface area contributed by atoms with Crippen LogP contribution < -0.4 is 10.6 Å². The molecule has 0 fully saturated rings. The molecule has 1 heterocycles. The number of hydrogen-bond donors (Lipinski definition) is 0. The molecule has 1 aliphatic carbocycles. The van der Waals surface area contributed by atoms with E-state index in [1.165, 1.54) is 38.2 Å². The first kappa shape index (κ1) is 35.6. The standard InChI is InChI=1S/C32H29P.C5H5.2CO.Re/c1-4-31-30(26-19-15-24(2)16-20-26)23-32(27-21-17-25(3)18-22-27)33(31,28-11-7-5-8-12-28)29-13-9-6-10-14-29;1-2-4-5-3-1;2*1-2;/h4-22,30-31H,1H2,2-3H3;1-5H;;;. The van der Waals surface area contributed by atoms with Crippen molar-refractivity contribution < 1.29 is 29.7 Å². The van der Waals surface area contributed by atoms with E-state index in [9.17, 15) is 0 Å². The summed E-state index contributed by atoms with van der Waals surface area (Å²) in [5.41, 5.74) is 5.37. The van der Waals surface area contributed by atoms with Crippen LogP contribution in [-0.4, -0.2) is 5.66 Å². The van der Waals surface area contributed by atoms with Crippen molar-refractivity contribution in [3.8, 4) is 0 Å². The zero-order chi connectivity index (χ0) is 30.4. The summed E-state index contributed by atoms with van der Waals surface area (Å²) in [6.45, 7) is 17.7. The van der Waals surface area contributed by atoms with Crippen molar-refractivity contribution in [3.05, 3.63) is 194 Å². The summed E-state index contributed by atoms with van der Waals surface area (Å²) in [5.74, 6) is 0.160. The zero-order valence-corrected chi connectivity index (χ0v) is 28.0. The molecule has 0 aromatic heterocycles. The van der Waals surface area contributed by atoms with E-state index in [1.54, 1.807) is 0 Å². The third kappa shape index (κ3) is 8.08. The van der Waals surface area contributed by atoms with E-state index in [4.69, 9.17) is 9.30 Å². The van der Waals surface area contributed by atoms with Crippen LogP contribution in [0.25, 0.3) is 5.31 Å². The molecular formula is C39H34O2PRe.